The number of morpholine rings is 1. The predicted molar refractivity (Wildman–Crippen MR) is 116 cm³/mol. The van der Waals surface area contributed by atoms with Crippen LogP contribution in [-0.4, -0.2) is 94.4 Å². The van der Waals surface area contributed by atoms with Gasteiger partial charge in [0, 0.05) is 58.9 Å². The van der Waals surface area contributed by atoms with Gasteiger partial charge < -0.3 is 20.7 Å². The third kappa shape index (κ3) is 7.45. The van der Waals surface area contributed by atoms with Crippen LogP contribution in [0.2, 0.25) is 0 Å². The molecule has 2 aliphatic heterocycles. The van der Waals surface area contributed by atoms with E-state index in [0.717, 1.165) is 91.5 Å². The number of piperazine rings is 1. The molecular formula is C21H35FN6O. The Morgan fingerprint density at radius 2 is 1.69 bits per heavy atom. The molecule has 1 aromatic carbocycles. The second-order valence-corrected chi connectivity index (χ2v) is 7.63. The first-order chi connectivity index (χ1) is 14.2. The van der Waals surface area contributed by atoms with Gasteiger partial charge in [0.25, 0.3) is 0 Å². The van der Waals surface area contributed by atoms with Crippen LogP contribution in [0.3, 0.4) is 0 Å². The molecule has 7 nitrogen and oxygen atoms in total. The second-order valence-electron chi connectivity index (χ2n) is 7.63. The summed E-state index contributed by atoms with van der Waals surface area (Å²) in [5.41, 5.74) is 6.67. The molecule has 29 heavy (non-hydrogen) atoms. The van der Waals surface area contributed by atoms with Crippen molar-refractivity contribution in [2.24, 2.45) is 10.7 Å². The summed E-state index contributed by atoms with van der Waals surface area (Å²) < 4.78 is 19.3. The Labute approximate surface area is 173 Å². The molecule has 0 aliphatic carbocycles. The van der Waals surface area contributed by atoms with Gasteiger partial charge in [-0.3, -0.25) is 14.8 Å². The molecule has 2 fully saturated rings. The number of guanidine groups is 1. The number of anilines is 1. The SMILES string of the molecule is NC(=NCCCN1CCOCC1)NCCCN1CCN(c2ccccc2F)CC1. The predicted octanol–water partition coefficient (Wildman–Crippen LogP) is 0.964. The zero-order chi connectivity index (χ0) is 20.3. The van der Waals surface area contributed by atoms with Crippen LogP contribution in [0.1, 0.15) is 12.8 Å². The largest absolute Gasteiger partial charge is 0.379 e. The highest BCUT2D eigenvalue weighted by Crippen LogP contribution is 2.20. The van der Waals surface area contributed by atoms with Crippen molar-refractivity contribution in [3.05, 3.63) is 30.1 Å². The Kier molecular flexibility index (Phi) is 8.98. The number of halogens is 1. The van der Waals surface area contributed by atoms with Crippen molar-refractivity contribution in [2.45, 2.75) is 12.8 Å². The third-order valence-corrected chi connectivity index (χ3v) is 5.54. The minimum Gasteiger partial charge on any atom is -0.379 e. The van der Waals surface area contributed by atoms with Gasteiger partial charge in [-0.1, -0.05) is 12.1 Å². The number of nitrogens with zero attached hydrogens (tertiary/aromatic N) is 4. The first-order valence-electron chi connectivity index (χ1n) is 10.8. The lowest BCUT2D eigenvalue weighted by atomic mass is 10.2. The maximum atomic E-state index is 13.9. The van der Waals surface area contributed by atoms with E-state index in [1.165, 1.54) is 6.07 Å². The van der Waals surface area contributed by atoms with E-state index in [4.69, 9.17) is 10.5 Å². The molecule has 0 aromatic heterocycles. The topological polar surface area (TPSA) is 69.4 Å². The molecule has 0 saturated carbocycles. The van der Waals surface area contributed by atoms with Crippen molar-refractivity contribution < 1.29 is 9.13 Å². The van der Waals surface area contributed by atoms with Gasteiger partial charge in [-0.05, 0) is 31.5 Å². The van der Waals surface area contributed by atoms with E-state index in [1.54, 1.807) is 6.07 Å². The maximum absolute atomic E-state index is 13.9. The molecule has 3 N–H and O–H groups in total. The van der Waals surface area contributed by atoms with Crippen molar-refractivity contribution in [1.82, 2.24) is 15.1 Å². The smallest absolute Gasteiger partial charge is 0.188 e. The van der Waals surface area contributed by atoms with Gasteiger partial charge in [0.1, 0.15) is 5.82 Å². The van der Waals surface area contributed by atoms with Gasteiger partial charge in [0.05, 0.1) is 18.9 Å². The number of ether oxygens (including phenoxy) is 1. The zero-order valence-electron chi connectivity index (χ0n) is 17.4. The fourth-order valence-corrected chi connectivity index (χ4v) is 3.81. The first-order valence-corrected chi connectivity index (χ1v) is 10.8. The summed E-state index contributed by atoms with van der Waals surface area (Å²) in [5.74, 6) is 0.404. The van der Waals surface area contributed by atoms with Gasteiger partial charge in [-0.25, -0.2) is 4.39 Å². The van der Waals surface area contributed by atoms with Crippen molar-refractivity contribution in [1.29, 1.82) is 0 Å². The monoisotopic (exact) mass is 406 g/mol. The Hall–Kier alpha value is -1.90. The average Bonchev–Trinajstić information content (AvgIpc) is 2.76. The minimum absolute atomic E-state index is 0.134. The van der Waals surface area contributed by atoms with Crippen LogP contribution in [0.4, 0.5) is 10.1 Å². The summed E-state index contributed by atoms with van der Waals surface area (Å²) in [6.45, 7) is 11.0. The number of nitrogens with two attached hydrogens (primary N) is 1. The van der Waals surface area contributed by atoms with E-state index < -0.39 is 0 Å². The van der Waals surface area contributed by atoms with Gasteiger partial charge in [0.2, 0.25) is 0 Å². The lowest BCUT2D eigenvalue weighted by Crippen LogP contribution is -2.47. The lowest BCUT2D eigenvalue weighted by Gasteiger charge is -2.36. The molecule has 2 heterocycles. The van der Waals surface area contributed by atoms with Crippen LogP contribution in [0.5, 0.6) is 0 Å². The molecule has 0 bridgehead atoms. The van der Waals surface area contributed by atoms with Crippen molar-refractivity contribution in [3.8, 4) is 0 Å². The summed E-state index contributed by atoms with van der Waals surface area (Å²) in [6, 6.07) is 7.02. The number of hydrogen-bond acceptors (Lipinski definition) is 5. The molecule has 3 rings (SSSR count). The number of nitrogens with one attached hydrogen (secondary N) is 1. The molecule has 0 spiro atoms. The Morgan fingerprint density at radius 1 is 1.00 bits per heavy atom. The van der Waals surface area contributed by atoms with Crippen LogP contribution in [0.15, 0.2) is 29.3 Å². The maximum Gasteiger partial charge on any atom is 0.188 e. The number of aliphatic imine (C=N–C) groups is 1. The van der Waals surface area contributed by atoms with Crippen molar-refractivity contribution in [2.75, 3.05) is 83.6 Å². The van der Waals surface area contributed by atoms with E-state index in [9.17, 15) is 4.39 Å². The Morgan fingerprint density at radius 3 is 2.45 bits per heavy atom. The molecular weight excluding hydrogens is 371 g/mol. The Bertz CT molecular complexity index is 629. The van der Waals surface area contributed by atoms with Crippen LogP contribution in [0, 0.1) is 5.82 Å². The second kappa shape index (κ2) is 11.9. The summed E-state index contributed by atoms with van der Waals surface area (Å²) in [4.78, 5) is 11.4. The van der Waals surface area contributed by atoms with Crippen LogP contribution in [-0.2, 0) is 4.74 Å². The van der Waals surface area contributed by atoms with E-state index in [1.807, 2.05) is 12.1 Å². The summed E-state index contributed by atoms with van der Waals surface area (Å²) >= 11 is 0. The standard InChI is InChI=1S/C21H35FN6O/c22-19-5-1-2-6-20(19)28-13-11-26(12-14-28)9-3-7-24-21(23)25-8-4-10-27-15-17-29-18-16-27/h1-2,5-6H,3-4,7-18H2,(H3,23,24,25). The van der Waals surface area contributed by atoms with E-state index in [0.29, 0.717) is 11.6 Å². The van der Waals surface area contributed by atoms with E-state index >= 15 is 0 Å². The Balaban J connectivity index is 1.23. The number of benzene rings is 1. The molecule has 0 radical (unpaired) electrons. The molecule has 162 valence electrons. The van der Waals surface area contributed by atoms with E-state index in [-0.39, 0.29) is 5.82 Å². The van der Waals surface area contributed by atoms with Gasteiger partial charge in [-0.2, -0.15) is 0 Å². The minimum atomic E-state index is -0.134. The highest BCUT2D eigenvalue weighted by molar-refractivity contribution is 5.77. The average molecular weight is 407 g/mol. The molecule has 2 saturated heterocycles. The molecule has 0 unspecified atom stereocenters. The van der Waals surface area contributed by atoms with Crippen LogP contribution >= 0.6 is 0 Å². The van der Waals surface area contributed by atoms with Crippen LogP contribution < -0.4 is 16.0 Å². The third-order valence-electron chi connectivity index (χ3n) is 5.54. The van der Waals surface area contributed by atoms with Gasteiger partial charge in [0.15, 0.2) is 5.96 Å². The summed E-state index contributed by atoms with van der Waals surface area (Å²) in [6.07, 6.45) is 2.04. The van der Waals surface area contributed by atoms with Gasteiger partial charge >= 0.3 is 0 Å². The fourth-order valence-electron chi connectivity index (χ4n) is 3.81. The molecule has 0 amide bonds. The summed E-state index contributed by atoms with van der Waals surface area (Å²) in [7, 11) is 0. The van der Waals surface area contributed by atoms with Crippen molar-refractivity contribution >= 4 is 11.6 Å². The summed E-state index contributed by atoms with van der Waals surface area (Å²) in [5, 5.41) is 3.21. The van der Waals surface area contributed by atoms with Gasteiger partial charge in [-0.15, -0.1) is 0 Å². The molecule has 8 heteroatoms. The number of hydrogen-bond donors (Lipinski definition) is 2. The highest BCUT2D eigenvalue weighted by atomic mass is 19.1. The molecule has 0 atom stereocenters. The fraction of sp³-hybridized carbons (Fsp3) is 0.667. The molecule has 2 aliphatic rings. The first kappa shape index (κ1) is 21.8. The van der Waals surface area contributed by atoms with Crippen LogP contribution in [0.25, 0.3) is 0 Å². The highest BCUT2D eigenvalue weighted by Gasteiger charge is 2.18. The number of para-hydroxylation sites is 1. The quantitative estimate of drug-likeness (QED) is 0.362. The molecule has 1 aromatic rings. The van der Waals surface area contributed by atoms with Crippen molar-refractivity contribution in [3.63, 3.8) is 0 Å². The zero-order valence-corrected chi connectivity index (χ0v) is 17.4. The normalized spacial score (nSPS) is 19.5. The number of rotatable bonds is 9. The van der Waals surface area contributed by atoms with E-state index in [2.05, 4.69) is 25.0 Å². The lowest BCUT2D eigenvalue weighted by molar-refractivity contribution is 0.0377.